The number of hydrogen-bond acceptors (Lipinski definition) is 6. The third-order valence-corrected chi connectivity index (χ3v) is 2.41. The number of nitrogens with two attached hydrogens (primary N) is 1. The van der Waals surface area contributed by atoms with Gasteiger partial charge in [-0.25, -0.2) is 9.97 Å². The van der Waals surface area contributed by atoms with Crippen LogP contribution in [0, 0.1) is 0 Å². The van der Waals surface area contributed by atoms with E-state index in [1.165, 1.54) is 6.92 Å². The van der Waals surface area contributed by atoms with Gasteiger partial charge in [-0.3, -0.25) is 0 Å². The molecule has 0 aliphatic rings. The molecule has 1 aromatic rings. The van der Waals surface area contributed by atoms with E-state index in [4.69, 9.17) is 10.8 Å². The van der Waals surface area contributed by atoms with E-state index in [0.717, 1.165) is 0 Å². The van der Waals surface area contributed by atoms with E-state index in [1.54, 1.807) is 6.07 Å². The van der Waals surface area contributed by atoms with Crippen LogP contribution in [0.3, 0.4) is 0 Å². The van der Waals surface area contributed by atoms with Crippen LogP contribution in [-0.4, -0.2) is 38.9 Å². The Kier molecular flexibility index (Phi) is 4.13. The average Bonchev–Trinajstić information content (AvgIpc) is 2.25. The molecule has 0 aromatic carbocycles. The summed E-state index contributed by atoms with van der Waals surface area (Å²) in [7, 11) is 0. The molecule has 5 N–H and O–H groups in total. The maximum atomic E-state index is 9.70. The molecule has 6 heteroatoms. The first-order chi connectivity index (χ1) is 8.14. The monoisotopic (exact) mass is 254 g/mol. The first kappa shape index (κ1) is 14.7. The van der Waals surface area contributed by atoms with Crippen LogP contribution < -0.4 is 11.1 Å². The Morgan fingerprint density at radius 1 is 1.28 bits per heavy atom. The minimum absolute atomic E-state index is 0.184. The molecule has 1 aromatic heterocycles. The second-order valence-electron chi connectivity index (χ2n) is 5.76. The van der Waals surface area contributed by atoms with Crippen molar-refractivity contribution in [3.63, 3.8) is 0 Å². The van der Waals surface area contributed by atoms with Crippen LogP contribution in [0.5, 0.6) is 0 Å². The molecule has 0 fully saturated rings. The van der Waals surface area contributed by atoms with Crippen molar-refractivity contribution in [2.45, 2.75) is 38.7 Å². The SMILES string of the molecule is CC(O)(CO)CNc1cc(N)nc(C(C)(C)C)n1. The summed E-state index contributed by atoms with van der Waals surface area (Å²) in [6.45, 7) is 7.38. The zero-order chi connectivity index (χ0) is 14.0. The normalized spacial score (nSPS) is 15.2. The largest absolute Gasteiger partial charge is 0.393 e. The highest BCUT2D eigenvalue weighted by Crippen LogP contribution is 2.21. The van der Waals surface area contributed by atoms with E-state index >= 15 is 0 Å². The van der Waals surface area contributed by atoms with Gasteiger partial charge in [0.1, 0.15) is 23.1 Å². The number of aliphatic hydroxyl groups excluding tert-OH is 1. The lowest BCUT2D eigenvalue weighted by molar-refractivity contribution is 0.0131. The summed E-state index contributed by atoms with van der Waals surface area (Å²) >= 11 is 0. The number of anilines is 2. The molecule has 0 radical (unpaired) electrons. The first-order valence-corrected chi connectivity index (χ1v) is 5.86. The van der Waals surface area contributed by atoms with Crippen molar-refractivity contribution in [1.82, 2.24) is 9.97 Å². The predicted octanol–water partition coefficient (Wildman–Crippen LogP) is 0.511. The Morgan fingerprint density at radius 3 is 2.39 bits per heavy atom. The summed E-state index contributed by atoms with van der Waals surface area (Å²) in [4.78, 5) is 8.53. The molecule has 1 unspecified atom stereocenters. The standard InChI is InChI=1S/C12H22N4O2/c1-11(2,3)10-15-8(13)5-9(16-10)14-6-12(4,18)7-17/h5,17-18H,6-7H2,1-4H3,(H3,13,14,15,16). The number of nitrogens with one attached hydrogen (secondary N) is 1. The quantitative estimate of drug-likeness (QED) is 0.624. The highest BCUT2D eigenvalue weighted by atomic mass is 16.3. The highest BCUT2D eigenvalue weighted by molar-refractivity contribution is 5.45. The summed E-state index contributed by atoms with van der Waals surface area (Å²) in [5.41, 5.74) is 4.33. The van der Waals surface area contributed by atoms with Crippen molar-refractivity contribution in [2.24, 2.45) is 0 Å². The van der Waals surface area contributed by atoms with E-state index in [1.807, 2.05) is 20.8 Å². The summed E-state index contributed by atoms with van der Waals surface area (Å²) in [6, 6.07) is 1.60. The molecule has 1 atom stereocenters. The Bertz CT molecular complexity index is 413. The predicted molar refractivity (Wildman–Crippen MR) is 71.3 cm³/mol. The van der Waals surface area contributed by atoms with E-state index in [2.05, 4.69) is 15.3 Å². The Morgan fingerprint density at radius 2 is 1.89 bits per heavy atom. The Hall–Kier alpha value is -1.40. The van der Waals surface area contributed by atoms with Crippen LogP contribution in [0.2, 0.25) is 0 Å². The average molecular weight is 254 g/mol. The topological polar surface area (TPSA) is 104 Å². The van der Waals surface area contributed by atoms with Gasteiger partial charge in [0.05, 0.1) is 6.61 Å². The van der Waals surface area contributed by atoms with Crippen molar-refractivity contribution in [1.29, 1.82) is 0 Å². The van der Waals surface area contributed by atoms with Crippen LogP contribution in [0.15, 0.2) is 6.07 Å². The lowest BCUT2D eigenvalue weighted by atomic mass is 9.96. The van der Waals surface area contributed by atoms with Gasteiger partial charge >= 0.3 is 0 Å². The van der Waals surface area contributed by atoms with Gasteiger partial charge in [-0.2, -0.15) is 0 Å². The number of nitrogens with zero attached hydrogens (tertiary/aromatic N) is 2. The fraction of sp³-hybridized carbons (Fsp3) is 0.667. The molecule has 0 saturated carbocycles. The van der Waals surface area contributed by atoms with Gasteiger partial charge in [0, 0.05) is 18.0 Å². The zero-order valence-corrected chi connectivity index (χ0v) is 11.4. The van der Waals surface area contributed by atoms with Crippen molar-refractivity contribution < 1.29 is 10.2 Å². The van der Waals surface area contributed by atoms with Gasteiger partial charge < -0.3 is 21.3 Å². The molecule has 1 rings (SSSR count). The molecular formula is C12H22N4O2. The summed E-state index contributed by atoms with van der Waals surface area (Å²) in [6.07, 6.45) is 0. The van der Waals surface area contributed by atoms with Crippen molar-refractivity contribution in [2.75, 3.05) is 24.2 Å². The van der Waals surface area contributed by atoms with Crippen LogP contribution in [0.4, 0.5) is 11.6 Å². The number of aliphatic hydroxyl groups is 2. The van der Waals surface area contributed by atoms with E-state index in [-0.39, 0.29) is 18.6 Å². The number of hydrogen-bond donors (Lipinski definition) is 4. The lowest BCUT2D eigenvalue weighted by Gasteiger charge is -2.22. The molecule has 0 spiro atoms. The minimum atomic E-state index is -1.19. The van der Waals surface area contributed by atoms with Crippen molar-refractivity contribution in [3.05, 3.63) is 11.9 Å². The van der Waals surface area contributed by atoms with E-state index < -0.39 is 5.60 Å². The second-order valence-corrected chi connectivity index (χ2v) is 5.76. The fourth-order valence-electron chi connectivity index (χ4n) is 1.23. The smallest absolute Gasteiger partial charge is 0.138 e. The summed E-state index contributed by atoms with van der Waals surface area (Å²) in [5.74, 6) is 1.55. The molecular weight excluding hydrogens is 232 g/mol. The third kappa shape index (κ3) is 4.12. The van der Waals surface area contributed by atoms with Gasteiger partial charge in [-0.1, -0.05) is 20.8 Å². The van der Waals surface area contributed by atoms with Crippen molar-refractivity contribution >= 4 is 11.6 Å². The summed E-state index contributed by atoms with van der Waals surface area (Å²) in [5, 5.41) is 21.6. The van der Waals surface area contributed by atoms with E-state index in [0.29, 0.717) is 17.5 Å². The molecule has 0 aliphatic heterocycles. The minimum Gasteiger partial charge on any atom is -0.393 e. The van der Waals surface area contributed by atoms with Gasteiger partial charge in [-0.05, 0) is 6.92 Å². The molecule has 6 nitrogen and oxygen atoms in total. The Labute approximate surface area is 107 Å². The Balaban J connectivity index is 2.88. The number of aromatic nitrogens is 2. The molecule has 18 heavy (non-hydrogen) atoms. The highest BCUT2D eigenvalue weighted by Gasteiger charge is 2.21. The van der Waals surface area contributed by atoms with Gasteiger partial charge in [-0.15, -0.1) is 0 Å². The van der Waals surface area contributed by atoms with E-state index in [9.17, 15) is 5.11 Å². The summed E-state index contributed by atoms with van der Waals surface area (Å²) < 4.78 is 0. The first-order valence-electron chi connectivity index (χ1n) is 5.86. The maximum absolute atomic E-state index is 9.70. The number of rotatable bonds is 4. The number of nitrogen functional groups attached to an aromatic ring is 1. The zero-order valence-electron chi connectivity index (χ0n) is 11.4. The van der Waals surface area contributed by atoms with Gasteiger partial charge in [0.2, 0.25) is 0 Å². The molecule has 1 heterocycles. The van der Waals surface area contributed by atoms with Crippen LogP contribution in [-0.2, 0) is 5.41 Å². The van der Waals surface area contributed by atoms with Gasteiger partial charge in [0.15, 0.2) is 0 Å². The third-order valence-electron chi connectivity index (χ3n) is 2.41. The van der Waals surface area contributed by atoms with Crippen LogP contribution in [0.1, 0.15) is 33.5 Å². The fourth-order valence-corrected chi connectivity index (χ4v) is 1.23. The van der Waals surface area contributed by atoms with Crippen molar-refractivity contribution in [3.8, 4) is 0 Å². The molecule has 0 saturated heterocycles. The lowest BCUT2D eigenvalue weighted by Crippen LogP contribution is -2.37. The molecule has 0 aliphatic carbocycles. The molecule has 0 bridgehead atoms. The van der Waals surface area contributed by atoms with Gasteiger partial charge in [0.25, 0.3) is 0 Å². The second kappa shape index (κ2) is 5.07. The molecule has 102 valence electrons. The molecule has 0 amide bonds. The van der Waals surface area contributed by atoms with Crippen LogP contribution >= 0.6 is 0 Å². The van der Waals surface area contributed by atoms with Crippen LogP contribution in [0.25, 0.3) is 0 Å². The maximum Gasteiger partial charge on any atom is 0.138 e.